The molecule has 0 bridgehead atoms. The van der Waals surface area contributed by atoms with Crippen LogP contribution >= 0.6 is 11.3 Å². The third-order valence-electron chi connectivity index (χ3n) is 2.19. The van der Waals surface area contributed by atoms with Gasteiger partial charge < -0.3 is 4.74 Å². The summed E-state index contributed by atoms with van der Waals surface area (Å²) >= 11 is 1.69. The van der Waals surface area contributed by atoms with Crippen LogP contribution in [0.3, 0.4) is 0 Å². The molecular formula is C12H19NO2S. The van der Waals surface area contributed by atoms with Crippen molar-refractivity contribution >= 4 is 23.1 Å². The van der Waals surface area contributed by atoms with Gasteiger partial charge in [-0.2, -0.15) is 0 Å². The Morgan fingerprint density at radius 2 is 1.75 bits per heavy atom. The molecule has 0 saturated heterocycles. The Bertz CT molecular complexity index is 402. The first kappa shape index (κ1) is 13.0. The fourth-order valence-corrected chi connectivity index (χ4v) is 2.41. The molecule has 0 aliphatic heterocycles. The van der Waals surface area contributed by atoms with Crippen LogP contribution < -0.4 is 5.32 Å². The first-order chi connectivity index (χ1) is 7.20. The third-order valence-corrected chi connectivity index (χ3v) is 3.31. The lowest BCUT2D eigenvalue weighted by Gasteiger charge is -2.19. The van der Waals surface area contributed by atoms with E-state index in [4.69, 9.17) is 4.74 Å². The highest BCUT2D eigenvalue weighted by Gasteiger charge is 2.18. The molecule has 0 aliphatic rings. The average Bonchev–Trinajstić information content (AvgIpc) is 2.29. The van der Waals surface area contributed by atoms with Gasteiger partial charge in [0.15, 0.2) is 0 Å². The van der Waals surface area contributed by atoms with Crippen LogP contribution in [-0.4, -0.2) is 11.7 Å². The van der Waals surface area contributed by atoms with Crippen molar-refractivity contribution in [3.8, 4) is 0 Å². The van der Waals surface area contributed by atoms with E-state index in [1.807, 2.05) is 41.5 Å². The second-order valence-corrected chi connectivity index (χ2v) is 6.27. The quantitative estimate of drug-likeness (QED) is 0.806. The van der Waals surface area contributed by atoms with Crippen LogP contribution in [0, 0.1) is 20.8 Å². The van der Waals surface area contributed by atoms with E-state index in [2.05, 4.69) is 5.32 Å². The van der Waals surface area contributed by atoms with Crippen molar-refractivity contribution in [1.29, 1.82) is 0 Å². The van der Waals surface area contributed by atoms with Crippen molar-refractivity contribution in [1.82, 2.24) is 0 Å². The van der Waals surface area contributed by atoms with Gasteiger partial charge in [-0.3, -0.25) is 5.32 Å². The van der Waals surface area contributed by atoms with Crippen LogP contribution in [0.5, 0.6) is 0 Å². The summed E-state index contributed by atoms with van der Waals surface area (Å²) in [4.78, 5) is 14.0. The molecule has 1 N–H and O–H groups in total. The number of ether oxygens (including phenoxy) is 1. The number of hydrogen-bond donors (Lipinski definition) is 1. The minimum atomic E-state index is -0.461. The van der Waals surface area contributed by atoms with Crippen LogP contribution in [0.15, 0.2) is 0 Å². The van der Waals surface area contributed by atoms with Gasteiger partial charge in [0, 0.05) is 9.75 Å². The smallest absolute Gasteiger partial charge is 0.412 e. The number of carbonyl (C=O) groups excluding carboxylic acids is 1. The van der Waals surface area contributed by atoms with Crippen molar-refractivity contribution < 1.29 is 9.53 Å². The molecule has 0 radical (unpaired) electrons. The molecule has 0 aromatic carbocycles. The average molecular weight is 241 g/mol. The molecule has 0 saturated carbocycles. The maximum Gasteiger partial charge on any atom is 0.412 e. The summed E-state index contributed by atoms with van der Waals surface area (Å²) in [5, 5.41) is 2.81. The maximum absolute atomic E-state index is 11.6. The number of aryl methyl sites for hydroxylation is 2. The van der Waals surface area contributed by atoms with Crippen LogP contribution in [0.25, 0.3) is 0 Å². The minimum Gasteiger partial charge on any atom is -0.444 e. The van der Waals surface area contributed by atoms with E-state index in [-0.39, 0.29) is 0 Å². The maximum atomic E-state index is 11.6. The van der Waals surface area contributed by atoms with E-state index in [0.717, 1.165) is 16.1 Å². The molecule has 0 spiro atoms. The number of nitrogens with one attached hydrogen (secondary N) is 1. The highest BCUT2D eigenvalue weighted by Crippen LogP contribution is 2.31. The van der Waals surface area contributed by atoms with Crippen LogP contribution in [-0.2, 0) is 4.74 Å². The molecule has 4 heteroatoms. The largest absolute Gasteiger partial charge is 0.444 e. The fourth-order valence-electron chi connectivity index (χ4n) is 1.38. The number of thiophene rings is 1. The predicted molar refractivity (Wildman–Crippen MR) is 68.4 cm³/mol. The van der Waals surface area contributed by atoms with Crippen molar-refractivity contribution in [2.24, 2.45) is 0 Å². The molecular weight excluding hydrogens is 222 g/mol. The Balaban J connectivity index is 2.78. The minimum absolute atomic E-state index is 0.392. The molecule has 0 atom stereocenters. The van der Waals surface area contributed by atoms with E-state index < -0.39 is 11.7 Å². The molecule has 90 valence electrons. The standard InChI is InChI=1S/C12H19NO2S/c1-7-8(2)16-9(3)10(7)13-11(14)15-12(4,5)6/h1-6H3,(H,13,14). The van der Waals surface area contributed by atoms with Crippen molar-refractivity contribution in [3.05, 3.63) is 15.3 Å². The Morgan fingerprint density at radius 3 is 2.12 bits per heavy atom. The SMILES string of the molecule is Cc1sc(C)c(NC(=O)OC(C)(C)C)c1C. The van der Waals surface area contributed by atoms with E-state index in [1.54, 1.807) is 11.3 Å². The molecule has 1 heterocycles. The number of anilines is 1. The second-order valence-electron chi connectivity index (χ2n) is 4.84. The van der Waals surface area contributed by atoms with Gasteiger partial charge >= 0.3 is 6.09 Å². The fraction of sp³-hybridized carbons (Fsp3) is 0.583. The number of rotatable bonds is 1. The van der Waals surface area contributed by atoms with Gasteiger partial charge in [-0.15, -0.1) is 11.3 Å². The topological polar surface area (TPSA) is 38.3 Å². The van der Waals surface area contributed by atoms with Crippen molar-refractivity contribution in [3.63, 3.8) is 0 Å². The lowest BCUT2D eigenvalue weighted by molar-refractivity contribution is 0.0636. The molecule has 1 aromatic rings. The van der Waals surface area contributed by atoms with Crippen LogP contribution in [0.2, 0.25) is 0 Å². The Morgan fingerprint density at radius 1 is 1.19 bits per heavy atom. The molecule has 1 aromatic heterocycles. The highest BCUT2D eigenvalue weighted by atomic mass is 32.1. The number of amides is 1. The van der Waals surface area contributed by atoms with E-state index in [1.165, 1.54) is 4.88 Å². The summed E-state index contributed by atoms with van der Waals surface area (Å²) in [5.74, 6) is 0. The summed E-state index contributed by atoms with van der Waals surface area (Å²) in [6.07, 6.45) is -0.392. The summed E-state index contributed by atoms with van der Waals surface area (Å²) in [5.41, 5.74) is 1.54. The molecule has 0 aliphatic carbocycles. The van der Waals surface area contributed by atoms with Gasteiger partial charge in [-0.25, -0.2) is 4.79 Å². The Kier molecular flexibility index (Phi) is 3.63. The Hall–Kier alpha value is -1.03. The van der Waals surface area contributed by atoms with Gasteiger partial charge in [0.2, 0.25) is 0 Å². The van der Waals surface area contributed by atoms with Crippen LogP contribution in [0.4, 0.5) is 10.5 Å². The van der Waals surface area contributed by atoms with E-state index in [9.17, 15) is 4.79 Å². The third kappa shape index (κ3) is 3.23. The highest BCUT2D eigenvalue weighted by molar-refractivity contribution is 7.12. The zero-order chi connectivity index (χ0) is 12.5. The lowest BCUT2D eigenvalue weighted by Crippen LogP contribution is -2.27. The van der Waals surface area contributed by atoms with Crippen molar-refractivity contribution in [2.45, 2.75) is 47.1 Å². The summed E-state index contributed by atoms with van der Waals surface area (Å²) in [6.45, 7) is 11.6. The molecule has 1 amide bonds. The van der Waals surface area contributed by atoms with E-state index >= 15 is 0 Å². The van der Waals surface area contributed by atoms with Gasteiger partial charge in [0.1, 0.15) is 5.60 Å². The van der Waals surface area contributed by atoms with Gasteiger partial charge in [-0.1, -0.05) is 0 Å². The van der Waals surface area contributed by atoms with Gasteiger partial charge in [-0.05, 0) is 47.1 Å². The second kappa shape index (κ2) is 4.45. The zero-order valence-corrected chi connectivity index (χ0v) is 11.5. The molecule has 1 rings (SSSR count). The first-order valence-electron chi connectivity index (χ1n) is 5.27. The molecule has 0 fully saturated rings. The van der Waals surface area contributed by atoms with E-state index in [0.29, 0.717) is 0 Å². The van der Waals surface area contributed by atoms with Crippen molar-refractivity contribution in [2.75, 3.05) is 5.32 Å². The summed E-state index contributed by atoms with van der Waals surface area (Å²) in [6, 6.07) is 0. The van der Waals surface area contributed by atoms with Gasteiger partial charge in [0.25, 0.3) is 0 Å². The number of hydrogen-bond acceptors (Lipinski definition) is 3. The molecule has 16 heavy (non-hydrogen) atoms. The van der Waals surface area contributed by atoms with Crippen LogP contribution in [0.1, 0.15) is 36.1 Å². The lowest BCUT2D eigenvalue weighted by atomic mass is 10.2. The zero-order valence-electron chi connectivity index (χ0n) is 10.7. The molecule has 0 unspecified atom stereocenters. The number of carbonyl (C=O) groups is 1. The predicted octanol–water partition coefficient (Wildman–Crippen LogP) is 4.02. The summed E-state index contributed by atoms with van der Waals surface area (Å²) < 4.78 is 5.22. The first-order valence-corrected chi connectivity index (χ1v) is 6.09. The summed E-state index contributed by atoms with van der Waals surface area (Å²) in [7, 11) is 0. The normalized spacial score (nSPS) is 11.4. The monoisotopic (exact) mass is 241 g/mol. The Labute approximate surface area is 101 Å². The van der Waals surface area contributed by atoms with Gasteiger partial charge in [0.05, 0.1) is 5.69 Å². The molecule has 3 nitrogen and oxygen atoms in total.